The molecule has 0 aromatic carbocycles. The minimum atomic E-state index is -0.590. The Labute approximate surface area is 91.4 Å². The zero-order valence-corrected chi connectivity index (χ0v) is 9.57. The number of hydrogen-bond acceptors (Lipinski definition) is 1. The van der Waals surface area contributed by atoms with E-state index in [-0.39, 0.29) is 5.92 Å². The van der Waals surface area contributed by atoms with Crippen LogP contribution >= 0.6 is 0 Å². The molecule has 0 saturated heterocycles. The van der Waals surface area contributed by atoms with Crippen LogP contribution in [-0.4, -0.2) is 11.1 Å². The van der Waals surface area contributed by atoms with Crippen LogP contribution in [0.25, 0.3) is 0 Å². The van der Waals surface area contributed by atoms with Gasteiger partial charge in [-0.05, 0) is 37.5 Å². The van der Waals surface area contributed by atoms with Crippen LogP contribution in [0.5, 0.6) is 0 Å². The van der Waals surface area contributed by atoms with Gasteiger partial charge in [0.2, 0.25) is 0 Å². The molecular weight excluding hydrogens is 188 g/mol. The van der Waals surface area contributed by atoms with E-state index < -0.39 is 5.97 Å². The number of allylic oxidation sites excluding steroid dienone is 2. The van der Waals surface area contributed by atoms with E-state index in [9.17, 15) is 4.79 Å². The van der Waals surface area contributed by atoms with E-state index in [1.165, 1.54) is 18.4 Å². The van der Waals surface area contributed by atoms with E-state index in [1.54, 1.807) is 0 Å². The van der Waals surface area contributed by atoms with Gasteiger partial charge in [-0.15, -0.1) is 0 Å². The second-order valence-electron chi connectivity index (χ2n) is 5.15. The summed E-state index contributed by atoms with van der Waals surface area (Å²) in [6, 6.07) is 0. The van der Waals surface area contributed by atoms with E-state index in [0.29, 0.717) is 11.8 Å². The fraction of sp³-hybridized carbons (Fsp3) is 0.769. The van der Waals surface area contributed by atoms with E-state index in [2.05, 4.69) is 19.9 Å². The maximum Gasteiger partial charge on any atom is 0.307 e. The Bertz CT molecular complexity index is 293. The first-order valence-electron chi connectivity index (χ1n) is 6.04. The third-order valence-electron chi connectivity index (χ3n) is 4.21. The van der Waals surface area contributed by atoms with Gasteiger partial charge in [0.1, 0.15) is 0 Å². The van der Waals surface area contributed by atoms with E-state index in [0.717, 1.165) is 18.8 Å². The number of hydrogen-bond donors (Lipinski definition) is 1. The number of carboxylic acid groups (broad SMARTS) is 1. The molecule has 1 N–H and O–H groups in total. The highest BCUT2D eigenvalue weighted by molar-refractivity contribution is 5.71. The molecule has 0 radical (unpaired) electrons. The van der Waals surface area contributed by atoms with E-state index >= 15 is 0 Å². The predicted molar refractivity (Wildman–Crippen MR) is 59.5 cm³/mol. The maximum atomic E-state index is 11.1. The molecule has 2 heteroatoms. The molecule has 4 unspecified atom stereocenters. The number of carboxylic acids is 1. The molecular formula is C13H20O2. The molecule has 0 aromatic heterocycles. The normalized spacial score (nSPS) is 38.9. The summed E-state index contributed by atoms with van der Waals surface area (Å²) in [6.07, 6.45) is 6.81. The van der Waals surface area contributed by atoms with Crippen LogP contribution in [0.15, 0.2) is 11.6 Å². The highest BCUT2D eigenvalue weighted by Gasteiger charge is 2.43. The quantitative estimate of drug-likeness (QED) is 0.724. The summed E-state index contributed by atoms with van der Waals surface area (Å²) in [7, 11) is 0. The summed E-state index contributed by atoms with van der Waals surface area (Å²) < 4.78 is 0. The van der Waals surface area contributed by atoms with Gasteiger partial charge in [-0.2, -0.15) is 0 Å². The van der Waals surface area contributed by atoms with Crippen molar-refractivity contribution in [1.82, 2.24) is 0 Å². The molecule has 2 bridgehead atoms. The zero-order chi connectivity index (χ0) is 11.0. The lowest BCUT2D eigenvalue weighted by atomic mass is 9.60. The lowest BCUT2D eigenvalue weighted by Crippen LogP contribution is -2.40. The highest BCUT2D eigenvalue weighted by Crippen LogP contribution is 2.48. The van der Waals surface area contributed by atoms with Crippen molar-refractivity contribution >= 4 is 5.97 Å². The van der Waals surface area contributed by atoms with Gasteiger partial charge >= 0.3 is 5.97 Å². The van der Waals surface area contributed by atoms with Crippen molar-refractivity contribution in [2.24, 2.45) is 23.7 Å². The molecule has 1 fully saturated rings. The Morgan fingerprint density at radius 2 is 2.27 bits per heavy atom. The smallest absolute Gasteiger partial charge is 0.307 e. The lowest BCUT2D eigenvalue weighted by molar-refractivity contribution is -0.146. The molecule has 4 atom stereocenters. The van der Waals surface area contributed by atoms with Gasteiger partial charge in [0, 0.05) is 0 Å². The van der Waals surface area contributed by atoms with Crippen molar-refractivity contribution in [1.29, 1.82) is 0 Å². The molecule has 84 valence electrons. The maximum absolute atomic E-state index is 11.1. The molecule has 0 heterocycles. The summed E-state index contributed by atoms with van der Waals surface area (Å²) in [5.74, 6) is 0.917. The summed E-state index contributed by atoms with van der Waals surface area (Å²) in [6.45, 7) is 4.32. The first-order valence-corrected chi connectivity index (χ1v) is 6.04. The molecule has 3 rings (SSSR count). The van der Waals surface area contributed by atoms with Crippen LogP contribution in [0, 0.1) is 23.7 Å². The minimum absolute atomic E-state index is 0.104. The van der Waals surface area contributed by atoms with Gasteiger partial charge in [0.25, 0.3) is 0 Å². The second-order valence-corrected chi connectivity index (χ2v) is 5.15. The number of carbonyl (C=O) groups is 1. The van der Waals surface area contributed by atoms with Crippen LogP contribution < -0.4 is 0 Å². The number of aliphatic carboxylic acids is 1. The predicted octanol–water partition coefficient (Wildman–Crippen LogP) is 3.09. The first kappa shape index (κ1) is 10.7. The van der Waals surface area contributed by atoms with Crippen LogP contribution in [-0.2, 0) is 4.79 Å². The van der Waals surface area contributed by atoms with Crippen molar-refractivity contribution in [3.05, 3.63) is 11.6 Å². The fourth-order valence-corrected chi connectivity index (χ4v) is 3.46. The molecule has 0 aromatic rings. The average molecular weight is 208 g/mol. The molecule has 0 amide bonds. The SMILES string of the molecule is CCCC1CC2C(C)=CC1CC2C(=O)O. The first-order chi connectivity index (χ1) is 7.13. The molecule has 0 aliphatic heterocycles. The van der Waals surface area contributed by atoms with Crippen molar-refractivity contribution in [3.8, 4) is 0 Å². The Morgan fingerprint density at radius 3 is 2.80 bits per heavy atom. The van der Waals surface area contributed by atoms with Crippen LogP contribution in [0.3, 0.4) is 0 Å². The molecule has 15 heavy (non-hydrogen) atoms. The van der Waals surface area contributed by atoms with Gasteiger partial charge in [-0.3, -0.25) is 4.79 Å². The molecule has 2 nitrogen and oxygen atoms in total. The van der Waals surface area contributed by atoms with Crippen molar-refractivity contribution in [3.63, 3.8) is 0 Å². The second kappa shape index (κ2) is 3.99. The van der Waals surface area contributed by atoms with Gasteiger partial charge in [0.15, 0.2) is 0 Å². The molecule has 3 aliphatic carbocycles. The van der Waals surface area contributed by atoms with Gasteiger partial charge in [-0.25, -0.2) is 0 Å². The monoisotopic (exact) mass is 208 g/mol. The molecule has 0 spiro atoms. The van der Waals surface area contributed by atoms with Gasteiger partial charge in [0.05, 0.1) is 5.92 Å². The zero-order valence-electron chi connectivity index (χ0n) is 9.57. The Balaban J connectivity index is 2.15. The van der Waals surface area contributed by atoms with Crippen LogP contribution in [0.4, 0.5) is 0 Å². The van der Waals surface area contributed by atoms with Crippen molar-refractivity contribution in [2.75, 3.05) is 0 Å². The summed E-state index contributed by atoms with van der Waals surface area (Å²) >= 11 is 0. The average Bonchev–Trinajstić information content (AvgIpc) is 2.19. The minimum Gasteiger partial charge on any atom is -0.481 e. The third-order valence-corrected chi connectivity index (χ3v) is 4.21. The topological polar surface area (TPSA) is 37.3 Å². The van der Waals surface area contributed by atoms with Gasteiger partial charge < -0.3 is 5.11 Å². The van der Waals surface area contributed by atoms with E-state index in [4.69, 9.17) is 5.11 Å². The van der Waals surface area contributed by atoms with Crippen molar-refractivity contribution in [2.45, 2.75) is 39.5 Å². The largest absolute Gasteiger partial charge is 0.481 e. The Hall–Kier alpha value is -0.790. The standard InChI is InChI=1S/C13H20O2/c1-3-4-9-6-11-8(2)5-10(9)7-12(11)13(14)15/h5,9-12H,3-4,6-7H2,1-2H3,(H,14,15). The lowest BCUT2D eigenvalue weighted by Gasteiger charge is -2.44. The van der Waals surface area contributed by atoms with Crippen LogP contribution in [0.2, 0.25) is 0 Å². The fourth-order valence-electron chi connectivity index (χ4n) is 3.46. The summed E-state index contributed by atoms with van der Waals surface area (Å²) in [5.41, 5.74) is 1.33. The summed E-state index contributed by atoms with van der Waals surface area (Å²) in [5, 5.41) is 9.17. The molecule has 3 aliphatic rings. The summed E-state index contributed by atoms with van der Waals surface area (Å²) in [4.78, 5) is 11.1. The number of fused-ring (bicyclic) bond motifs is 2. The van der Waals surface area contributed by atoms with E-state index in [1.807, 2.05) is 0 Å². The molecule has 1 saturated carbocycles. The Kier molecular flexibility index (Phi) is 2.85. The number of rotatable bonds is 3. The van der Waals surface area contributed by atoms with Crippen molar-refractivity contribution < 1.29 is 9.90 Å². The third kappa shape index (κ3) is 1.82. The highest BCUT2D eigenvalue weighted by atomic mass is 16.4. The van der Waals surface area contributed by atoms with Crippen LogP contribution in [0.1, 0.15) is 39.5 Å². The van der Waals surface area contributed by atoms with Gasteiger partial charge in [-0.1, -0.05) is 31.4 Å². The Morgan fingerprint density at radius 1 is 1.53 bits per heavy atom.